The molecule has 3 rings (SSSR count). The van der Waals surface area contributed by atoms with Crippen LogP contribution in [0.15, 0.2) is 28.3 Å². The van der Waals surface area contributed by atoms with Gasteiger partial charge in [0, 0.05) is 5.57 Å². The number of allylic oxidation sites excluding steroid dienone is 3. The van der Waals surface area contributed by atoms with Gasteiger partial charge >= 0.3 is 0 Å². The zero-order valence-corrected chi connectivity index (χ0v) is 10.9. The molecule has 0 bridgehead atoms. The van der Waals surface area contributed by atoms with Crippen LogP contribution < -0.4 is 16.1 Å². The highest BCUT2D eigenvalue weighted by atomic mass is 16.5. The summed E-state index contributed by atoms with van der Waals surface area (Å²) in [5, 5.41) is 13.8. The number of methoxy groups -OCH3 is 1. The molecule has 2 N–H and O–H groups in total. The number of ether oxygens (including phenoxy) is 1. The fourth-order valence-corrected chi connectivity index (χ4v) is 2.68. The van der Waals surface area contributed by atoms with E-state index in [9.17, 15) is 9.90 Å². The number of H-pyrrole nitrogens is 1. The minimum absolute atomic E-state index is 0.109. The minimum Gasteiger partial charge on any atom is -0.496 e. The normalized spacial score (nSPS) is 18.2. The van der Waals surface area contributed by atoms with Gasteiger partial charge in [0.05, 0.1) is 30.3 Å². The number of aliphatic hydroxyl groups excluding tert-OH is 1. The summed E-state index contributed by atoms with van der Waals surface area (Å²) in [5.41, 5.74) is 1.86. The lowest BCUT2D eigenvalue weighted by molar-refractivity contribution is 0.167. The van der Waals surface area contributed by atoms with Crippen LogP contribution in [0.3, 0.4) is 0 Å². The summed E-state index contributed by atoms with van der Waals surface area (Å²) in [5.74, 6) is 0.778. The molecule has 0 aromatic carbocycles. The van der Waals surface area contributed by atoms with E-state index in [0.717, 1.165) is 28.7 Å². The Hall–Kier alpha value is -2.01. The van der Waals surface area contributed by atoms with Gasteiger partial charge in [-0.05, 0) is 31.1 Å². The number of nitrogens with one attached hydrogen (secondary N) is 1. The Balaban J connectivity index is 2.29. The maximum atomic E-state index is 12.1. The molecule has 1 aromatic rings. The largest absolute Gasteiger partial charge is 0.496 e. The average Bonchev–Trinajstić information content (AvgIpc) is 2.88. The second-order valence-corrected chi connectivity index (χ2v) is 4.87. The monoisotopic (exact) mass is 260 g/mol. The molecule has 0 radical (unpaired) electrons. The van der Waals surface area contributed by atoms with Crippen molar-refractivity contribution in [3.05, 3.63) is 44.4 Å². The highest BCUT2D eigenvalue weighted by molar-refractivity contribution is 5.84. The first-order valence-electron chi connectivity index (χ1n) is 6.28. The zero-order valence-electron chi connectivity index (χ0n) is 10.9. The van der Waals surface area contributed by atoms with Crippen molar-refractivity contribution in [2.24, 2.45) is 0 Å². The summed E-state index contributed by atoms with van der Waals surface area (Å²) >= 11 is 0. The van der Waals surface area contributed by atoms with Crippen molar-refractivity contribution in [1.29, 1.82) is 0 Å². The van der Waals surface area contributed by atoms with Crippen molar-refractivity contribution in [2.75, 3.05) is 7.11 Å². The van der Waals surface area contributed by atoms with Crippen LogP contribution in [-0.4, -0.2) is 28.1 Å². The smallest absolute Gasteiger partial charge is 0.272 e. The molecule has 0 saturated carbocycles. The van der Waals surface area contributed by atoms with Crippen molar-refractivity contribution in [1.82, 2.24) is 9.78 Å². The first-order valence-corrected chi connectivity index (χ1v) is 6.28. The third kappa shape index (κ3) is 1.77. The number of hydrogen-bond donors (Lipinski definition) is 2. The van der Waals surface area contributed by atoms with Crippen LogP contribution in [0.2, 0.25) is 0 Å². The van der Waals surface area contributed by atoms with Gasteiger partial charge in [0.15, 0.2) is 0 Å². The molecule has 0 spiro atoms. The van der Waals surface area contributed by atoms with Crippen molar-refractivity contribution in [3.63, 3.8) is 0 Å². The molecule has 19 heavy (non-hydrogen) atoms. The summed E-state index contributed by atoms with van der Waals surface area (Å²) in [6, 6.07) is 0. The second kappa shape index (κ2) is 4.28. The third-order valence-corrected chi connectivity index (χ3v) is 3.44. The Morgan fingerprint density at radius 2 is 2.37 bits per heavy atom. The van der Waals surface area contributed by atoms with Gasteiger partial charge in [0.1, 0.15) is 5.76 Å². The SMILES string of the molecule is COC1=C2C=c3c(c(=O)[nH]n3CC(C)O)=C2CC=C1. The van der Waals surface area contributed by atoms with Crippen molar-refractivity contribution < 1.29 is 9.84 Å². The number of rotatable bonds is 3. The Bertz CT molecular complexity index is 760. The van der Waals surface area contributed by atoms with E-state index in [-0.39, 0.29) is 5.56 Å². The molecule has 1 aromatic heterocycles. The molecular weight excluding hydrogens is 244 g/mol. The second-order valence-electron chi connectivity index (χ2n) is 4.87. The maximum Gasteiger partial charge on any atom is 0.272 e. The van der Waals surface area contributed by atoms with Crippen LogP contribution in [0, 0.1) is 0 Å². The van der Waals surface area contributed by atoms with E-state index < -0.39 is 6.10 Å². The van der Waals surface area contributed by atoms with Crippen LogP contribution in [0.5, 0.6) is 0 Å². The number of hydrogen-bond acceptors (Lipinski definition) is 3. The number of aromatic amines is 1. The van der Waals surface area contributed by atoms with E-state index in [0.29, 0.717) is 11.8 Å². The number of aliphatic hydroxyl groups is 1. The topological polar surface area (TPSA) is 67.2 Å². The van der Waals surface area contributed by atoms with Crippen molar-refractivity contribution in [2.45, 2.75) is 26.0 Å². The Kier molecular flexibility index (Phi) is 2.71. The van der Waals surface area contributed by atoms with E-state index in [2.05, 4.69) is 5.10 Å². The Morgan fingerprint density at radius 1 is 1.58 bits per heavy atom. The number of fused-ring (bicyclic) bond motifs is 2. The highest BCUT2D eigenvalue weighted by Gasteiger charge is 2.22. The molecule has 1 unspecified atom stereocenters. The summed E-state index contributed by atoms with van der Waals surface area (Å²) in [7, 11) is 1.63. The Labute approximate surface area is 109 Å². The van der Waals surface area contributed by atoms with E-state index in [1.807, 2.05) is 18.2 Å². The van der Waals surface area contributed by atoms with Crippen LogP contribution in [0.25, 0.3) is 11.6 Å². The van der Waals surface area contributed by atoms with Crippen LogP contribution in [0.1, 0.15) is 13.3 Å². The van der Waals surface area contributed by atoms with Crippen molar-refractivity contribution in [3.8, 4) is 0 Å². The lowest BCUT2D eigenvalue weighted by Gasteiger charge is -2.12. The van der Waals surface area contributed by atoms with E-state index in [4.69, 9.17) is 4.74 Å². The molecule has 0 amide bonds. The predicted molar refractivity (Wildman–Crippen MR) is 71.6 cm³/mol. The number of aromatic nitrogens is 2. The summed E-state index contributed by atoms with van der Waals surface area (Å²) in [6.45, 7) is 2.07. The highest BCUT2D eigenvalue weighted by Crippen LogP contribution is 2.27. The molecule has 100 valence electrons. The van der Waals surface area contributed by atoms with Crippen LogP contribution in [-0.2, 0) is 11.3 Å². The van der Waals surface area contributed by atoms with Gasteiger partial charge in [-0.15, -0.1) is 0 Å². The van der Waals surface area contributed by atoms with E-state index in [1.54, 1.807) is 18.7 Å². The van der Waals surface area contributed by atoms with Gasteiger partial charge in [0.25, 0.3) is 5.56 Å². The van der Waals surface area contributed by atoms with Gasteiger partial charge in [-0.25, -0.2) is 0 Å². The molecule has 2 aliphatic rings. The average molecular weight is 260 g/mol. The first-order chi connectivity index (χ1) is 9.11. The molecule has 0 fully saturated rings. The lowest BCUT2D eigenvalue weighted by atomic mass is 9.99. The molecule has 5 heteroatoms. The minimum atomic E-state index is -0.512. The quantitative estimate of drug-likeness (QED) is 0.760. The van der Waals surface area contributed by atoms with Gasteiger partial charge in [0.2, 0.25) is 0 Å². The van der Waals surface area contributed by atoms with Crippen LogP contribution >= 0.6 is 0 Å². The molecule has 2 aliphatic carbocycles. The van der Waals surface area contributed by atoms with Gasteiger partial charge in [-0.1, -0.05) is 6.08 Å². The summed E-state index contributed by atoms with van der Waals surface area (Å²) in [6.07, 6.45) is 6.09. The third-order valence-electron chi connectivity index (χ3n) is 3.44. The maximum absolute atomic E-state index is 12.1. The lowest BCUT2D eigenvalue weighted by Crippen LogP contribution is -2.35. The Morgan fingerprint density at radius 3 is 3.05 bits per heavy atom. The predicted octanol–water partition coefficient (Wildman–Crippen LogP) is -0.638. The fourth-order valence-electron chi connectivity index (χ4n) is 2.68. The molecule has 1 heterocycles. The standard InChI is InChI=1S/C14H16N2O3/c1-8(17)7-16-11-6-10-9(13(11)14(18)15-16)4-3-5-12(10)19-2/h3,5-6,8,17H,4,7H2,1-2H3,(H,15,18). The fraction of sp³-hybridized carbons (Fsp3) is 0.357. The van der Waals surface area contributed by atoms with Gasteiger partial charge < -0.3 is 9.84 Å². The molecule has 5 nitrogen and oxygen atoms in total. The van der Waals surface area contributed by atoms with Gasteiger partial charge in [-0.3, -0.25) is 14.6 Å². The zero-order chi connectivity index (χ0) is 13.6. The van der Waals surface area contributed by atoms with E-state index in [1.165, 1.54) is 0 Å². The van der Waals surface area contributed by atoms with Crippen LogP contribution in [0.4, 0.5) is 0 Å². The van der Waals surface area contributed by atoms with E-state index >= 15 is 0 Å². The first kappa shape index (κ1) is 12.0. The summed E-state index contributed by atoms with van der Waals surface area (Å²) < 4.78 is 7.04. The molecule has 0 saturated heterocycles. The van der Waals surface area contributed by atoms with Crippen molar-refractivity contribution >= 4 is 11.6 Å². The molecule has 1 atom stereocenters. The molecular formula is C14H16N2O3. The number of nitrogens with zero attached hydrogens (tertiary/aromatic N) is 1. The van der Waals surface area contributed by atoms with Gasteiger partial charge in [-0.2, -0.15) is 0 Å². The summed E-state index contributed by atoms with van der Waals surface area (Å²) in [4.78, 5) is 12.1. The molecule has 0 aliphatic heterocycles.